The summed E-state index contributed by atoms with van der Waals surface area (Å²) in [6.45, 7) is 9.68. The third-order valence-corrected chi connectivity index (χ3v) is 2.28. The SMILES string of the molecule is C=C/C=C(/C)OCC(CC)CCNC. The van der Waals surface area contributed by atoms with E-state index in [9.17, 15) is 0 Å². The predicted octanol–water partition coefficient (Wildman–Crippen LogP) is 2.73. The van der Waals surface area contributed by atoms with Gasteiger partial charge in [-0.1, -0.05) is 26.0 Å². The fourth-order valence-electron chi connectivity index (χ4n) is 1.22. The molecule has 14 heavy (non-hydrogen) atoms. The van der Waals surface area contributed by atoms with Gasteiger partial charge in [0.25, 0.3) is 0 Å². The molecule has 2 nitrogen and oxygen atoms in total. The van der Waals surface area contributed by atoms with Gasteiger partial charge in [0.2, 0.25) is 0 Å². The number of nitrogens with one attached hydrogen (secondary N) is 1. The van der Waals surface area contributed by atoms with Crippen LogP contribution in [0, 0.1) is 5.92 Å². The molecule has 0 spiro atoms. The van der Waals surface area contributed by atoms with Crippen molar-refractivity contribution in [3.05, 3.63) is 24.5 Å². The van der Waals surface area contributed by atoms with Gasteiger partial charge in [-0.2, -0.15) is 0 Å². The average molecular weight is 197 g/mol. The number of rotatable bonds is 8. The van der Waals surface area contributed by atoms with Crippen molar-refractivity contribution in [2.24, 2.45) is 5.92 Å². The van der Waals surface area contributed by atoms with Crippen LogP contribution in [0.25, 0.3) is 0 Å². The van der Waals surface area contributed by atoms with Crippen LogP contribution in [-0.2, 0) is 4.74 Å². The summed E-state index contributed by atoms with van der Waals surface area (Å²) in [5, 5.41) is 3.16. The van der Waals surface area contributed by atoms with E-state index in [0.717, 1.165) is 18.9 Å². The maximum Gasteiger partial charge on any atom is 0.0928 e. The van der Waals surface area contributed by atoms with E-state index in [4.69, 9.17) is 4.74 Å². The molecule has 0 heterocycles. The van der Waals surface area contributed by atoms with Crippen molar-refractivity contribution in [3.8, 4) is 0 Å². The first-order valence-corrected chi connectivity index (χ1v) is 5.31. The maximum atomic E-state index is 5.59. The van der Waals surface area contributed by atoms with Crippen LogP contribution >= 0.6 is 0 Å². The Kier molecular flexibility index (Phi) is 8.34. The molecule has 1 unspecified atom stereocenters. The summed E-state index contributed by atoms with van der Waals surface area (Å²) in [4.78, 5) is 0. The maximum absolute atomic E-state index is 5.59. The molecule has 0 fully saturated rings. The van der Waals surface area contributed by atoms with E-state index < -0.39 is 0 Å². The van der Waals surface area contributed by atoms with E-state index in [0.29, 0.717) is 5.92 Å². The molecular weight excluding hydrogens is 174 g/mol. The van der Waals surface area contributed by atoms with Crippen LogP contribution in [0.1, 0.15) is 26.7 Å². The molecule has 0 aromatic heterocycles. The summed E-state index contributed by atoms with van der Waals surface area (Å²) in [6.07, 6.45) is 5.99. The highest BCUT2D eigenvalue weighted by atomic mass is 16.5. The second kappa shape index (κ2) is 8.82. The van der Waals surface area contributed by atoms with E-state index >= 15 is 0 Å². The van der Waals surface area contributed by atoms with Gasteiger partial charge in [-0.25, -0.2) is 0 Å². The highest BCUT2D eigenvalue weighted by molar-refractivity contribution is 5.01. The number of ether oxygens (including phenoxy) is 1. The zero-order valence-corrected chi connectivity index (χ0v) is 9.68. The summed E-state index contributed by atoms with van der Waals surface area (Å²) >= 11 is 0. The summed E-state index contributed by atoms with van der Waals surface area (Å²) in [5.74, 6) is 1.60. The third kappa shape index (κ3) is 6.72. The topological polar surface area (TPSA) is 21.3 Å². The van der Waals surface area contributed by atoms with Crippen molar-refractivity contribution < 1.29 is 4.74 Å². The van der Waals surface area contributed by atoms with Crippen molar-refractivity contribution in [3.63, 3.8) is 0 Å². The molecule has 82 valence electrons. The molecular formula is C12H23NO. The summed E-state index contributed by atoms with van der Waals surface area (Å²) < 4.78 is 5.59. The zero-order valence-electron chi connectivity index (χ0n) is 9.68. The Hall–Kier alpha value is -0.760. The average Bonchev–Trinajstić information content (AvgIpc) is 2.19. The van der Waals surface area contributed by atoms with Crippen LogP contribution < -0.4 is 5.32 Å². The van der Waals surface area contributed by atoms with Crippen LogP contribution in [0.4, 0.5) is 0 Å². The first-order valence-electron chi connectivity index (χ1n) is 5.31. The highest BCUT2D eigenvalue weighted by Gasteiger charge is 2.05. The molecule has 0 saturated carbocycles. The first kappa shape index (κ1) is 13.2. The third-order valence-electron chi connectivity index (χ3n) is 2.28. The van der Waals surface area contributed by atoms with Crippen LogP contribution in [-0.4, -0.2) is 20.2 Å². The minimum absolute atomic E-state index is 0.649. The fourth-order valence-corrected chi connectivity index (χ4v) is 1.22. The summed E-state index contributed by atoms with van der Waals surface area (Å²) in [7, 11) is 1.98. The normalized spacial score (nSPS) is 13.8. The zero-order chi connectivity index (χ0) is 10.8. The molecule has 0 aliphatic carbocycles. The van der Waals surface area contributed by atoms with Gasteiger partial charge >= 0.3 is 0 Å². The number of hydrogen-bond acceptors (Lipinski definition) is 2. The van der Waals surface area contributed by atoms with E-state index in [1.54, 1.807) is 6.08 Å². The highest BCUT2D eigenvalue weighted by Crippen LogP contribution is 2.10. The van der Waals surface area contributed by atoms with Crippen LogP contribution in [0.15, 0.2) is 24.5 Å². The van der Waals surface area contributed by atoms with Gasteiger partial charge in [0.05, 0.1) is 12.4 Å². The molecule has 0 bridgehead atoms. The monoisotopic (exact) mass is 197 g/mol. The number of hydrogen-bond donors (Lipinski definition) is 1. The minimum Gasteiger partial charge on any atom is -0.498 e. The predicted molar refractivity (Wildman–Crippen MR) is 62.2 cm³/mol. The lowest BCUT2D eigenvalue weighted by molar-refractivity contribution is 0.159. The Bertz CT molecular complexity index is 175. The lowest BCUT2D eigenvalue weighted by Crippen LogP contribution is -2.16. The first-order chi connectivity index (χ1) is 6.74. The smallest absolute Gasteiger partial charge is 0.0928 e. The molecule has 0 radical (unpaired) electrons. The Morgan fingerprint density at radius 1 is 1.57 bits per heavy atom. The van der Waals surface area contributed by atoms with Gasteiger partial charge in [-0.15, -0.1) is 0 Å². The number of allylic oxidation sites excluding steroid dienone is 3. The molecule has 2 heteroatoms. The Labute approximate surface area is 88.0 Å². The molecule has 0 aromatic rings. The van der Waals surface area contributed by atoms with Crippen molar-refractivity contribution in [2.45, 2.75) is 26.7 Å². The van der Waals surface area contributed by atoms with E-state index in [-0.39, 0.29) is 0 Å². The largest absolute Gasteiger partial charge is 0.498 e. The molecule has 0 saturated heterocycles. The molecule has 1 atom stereocenters. The van der Waals surface area contributed by atoms with Gasteiger partial charge < -0.3 is 10.1 Å². The Morgan fingerprint density at radius 3 is 2.79 bits per heavy atom. The molecule has 0 rings (SSSR count). The van der Waals surface area contributed by atoms with Crippen molar-refractivity contribution in [1.82, 2.24) is 5.32 Å². The lowest BCUT2D eigenvalue weighted by Gasteiger charge is -2.15. The fraction of sp³-hybridized carbons (Fsp3) is 0.667. The second-order valence-electron chi connectivity index (χ2n) is 3.49. The molecule has 0 amide bonds. The van der Waals surface area contributed by atoms with Crippen molar-refractivity contribution in [2.75, 3.05) is 20.2 Å². The summed E-state index contributed by atoms with van der Waals surface area (Å²) in [5.41, 5.74) is 0. The van der Waals surface area contributed by atoms with Gasteiger partial charge in [0, 0.05) is 0 Å². The molecule has 0 aliphatic rings. The van der Waals surface area contributed by atoms with E-state index in [2.05, 4.69) is 18.8 Å². The van der Waals surface area contributed by atoms with Gasteiger partial charge in [0.15, 0.2) is 0 Å². The second-order valence-corrected chi connectivity index (χ2v) is 3.49. The van der Waals surface area contributed by atoms with E-state index in [1.165, 1.54) is 12.8 Å². The Morgan fingerprint density at radius 2 is 2.29 bits per heavy atom. The Balaban J connectivity index is 3.71. The molecule has 0 aliphatic heterocycles. The molecule has 0 aromatic carbocycles. The van der Waals surface area contributed by atoms with Crippen molar-refractivity contribution in [1.29, 1.82) is 0 Å². The summed E-state index contributed by atoms with van der Waals surface area (Å²) in [6, 6.07) is 0. The minimum atomic E-state index is 0.649. The lowest BCUT2D eigenvalue weighted by atomic mass is 10.0. The van der Waals surface area contributed by atoms with Gasteiger partial charge in [0.1, 0.15) is 0 Å². The van der Waals surface area contributed by atoms with Crippen LogP contribution in [0.2, 0.25) is 0 Å². The molecule has 1 N–H and O–H groups in total. The van der Waals surface area contributed by atoms with Crippen LogP contribution in [0.3, 0.4) is 0 Å². The standard InChI is InChI=1S/C12H23NO/c1-5-7-11(3)14-10-12(6-2)8-9-13-4/h5,7,12-13H,1,6,8-10H2,2-4H3/b11-7-. The quantitative estimate of drug-likeness (QED) is 0.477. The van der Waals surface area contributed by atoms with E-state index in [1.807, 2.05) is 20.0 Å². The van der Waals surface area contributed by atoms with Crippen molar-refractivity contribution >= 4 is 0 Å². The van der Waals surface area contributed by atoms with Crippen LogP contribution in [0.5, 0.6) is 0 Å². The van der Waals surface area contributed by atoms with Gasteiger partial charge in [-0.3, -0.25) is 0 Å². The van der Waals surface area contributed by atoms with Gasteiger partial charge in [-0.05, 0) is 38.9 Å².